The molecule has 1 aromatic heterocycles. The van der Waals surface area contributed by atoms with Gasteiger partial charge < -0.3 is 21.1 Å². The molecule has 0 aromatic carbocycles. The van der Waals surface area contributed by atoms with Crippen LogP contribution in [-0.4, -0.2) is 28.0 Å². The molecule has 0 spiro atoms. The van der Waals surface area contributed by atoms with Crippen LogP contribution in [0.4, 0.5) is 0 Å². The van der Waals surface area contributed by atoms with E-state index < -0.39 is 12.2 Å². The zero-order valence-corrected chi connectivity index (χ0v) is 8.57. The molecule has 0 amide bonds. The summed E-state index contributed by atoms with van der Waals surface area (Å²) in [7, 11) is 0. The molecule has 0 aliphatic carbocycles. The van der Waals surface area contributed by atoms with Crippen LogP contribution in [0.1, 0.15) is 23.0 Å². The highest BCUT2D eigenvalue weighted by Gasteiger charge is 2.20. The molecule has 0 aliphatic heterocycles. The minimum Gasteiger partial charge on any atom is -0.391 e. The van der Waals surface area contributed by atoms with E-state index in [0.29, 0.717) is 23.4 Å². The van der Waals surface area contributed by atoms with Gasteiger partial charge in [-0.05, 0) is 30.0 Å². The Bertz CT molecular complexity index is 277. The van der Waals surface area contributed by atoms with E-state index in [1.807, 2.05) is 0 Å². The molecule has 2 atom stereocenters. The number of nitrogens with two attached hydrogens (primary N) is 1. The van der Waals surface area contributed by atoms with Crippen molar-refractivity contribution in [3.05, 3.63) is 21.9 Å². The first-order chi connectivity index (χ1) is 6.70. The van der Waals surface area contributed by atoms with Crippen LogP contribution >= 0.6 is 11.3 Å². The van der Waals surface area contributed by atoms with E-state index in [9.17, 15) is 10.2 Å². The first-order valence-electron chi connectivity index (χ1n) is 4.44. The second-order valence-corrected chi connectivity index (χ2v) is 4.05. The van der Waals surface area contributed by atoms with Crippen molar-refractivity contribution in [3.63, 3.8) is 0 Å². The van der Waals surface area contributed by atoms with Crippen molar-refractivity contribution in [2.24, 2.45) is 5.73 Å². The van der Waals surface area contributed by atoms with Gasteiger partial charge in [-0.25, -0.2) is 0 Å². The first-order valence-corrected chi connectivity index (χ1v) is 5.32. The predicted octanol–water partition coefficient (Wildman–Crippen LogP) is -0.0165. The van der Waals surface area contributed by atoms with Gasteiger partial charge in [0.1, 0.15) is 6.10 Å². The SMILES string of the molecule is NCCC(O)C(O)c1ccsc1CO. The maximum absolute atomic E-state index is 9.71. The predicted molar refractivity (Wildman–Crippen MR) is 54.9 cm³/mol. The minimum atomic E-state index is -0.952. The molecular formula is C9H15NO3S. The molecule has 0 saturated heterocycles. The molecular weight excluding hydrogens is 202 g/mol. The molecule has 5 heteroatoms. The molecule has 0 saturated carbocycles. The average molecular weight is 217 g/mol. The van der Waals surface area contributed by atoms with Crippen LogP contribution in [0.25, 0.3) is 0 Å². The third kappa shape index (κ3) is 2.52. The molecule has 0 fully saturated rings. The largest absolute Gasteiger partial charge is 0.391 e. The monoisotopic (exact) mass is 217 g/mol. The Labute approximate surface area is 86.6 Å². The summed E-state index contributed by atoms with van der Waals surface area (Å²) in [5.74, 6) is 0. The number of aliphatic hydroxyl groups is 3. The average Bonchev–Trinajstić information content (AvgIpc) is 2.64. The van der Waals surface area contributed by atoms with Gasteiger partial charge >= 0.3 is 0 Å². The molecule has 14 heavy (non-hydrogen) atoms. The van der Waals surface area contributed by atoms with E-state index >= 15 is 0 Å². The Morgan fingerprint density at radius 3 is 2.71 bits per heavy atom. The van der Waals surface area contributed by atoms with Crippen molar-refractivity contribution in [1.29, 1.82) is 0 Å². The lowest BCUT2D eigenvalue weighted by Crippen LogP contribution is -2.22. The Kier molecular flexibility index (Phi) is 4.50. The van der Waals surface area contributed by atoms with Gasteiger partial charge in [-0.1, -0.05) is 0 Å². The van der Waals surface area contributed by atoms with E-state index in [2.05, 4.69) is 0 Å². The van der Waals surface area contributed by atoms with E-state index in [-0.39, 0.29) is 6.61 Å². The highest BCUT2D eigenvalue weighted by atomic mass is 32.1. The van der Waals surface area contributed by atoms with Gasteiger partial charge in [0.25, 0.3) is 0 Å². The van der Waals surface area contributed by atoms with Crippen LogP contribution in [0, 0.1) is 0 Å². The molecule has 0 bridgehead atoms. The van der Waals surface area contributed by atoms with Crippen LogP contribution in [0.3, 0.4) is 0 Å². The van der Waals surface area contributed by atoms with Crippen molar-refractivity contribution in [2.45, 2.75) is 25.2 Å². The standard InChI is InChI=1S/C9H15NO3S/c10-3-1-7(12)9(13)6-2-4-14-8(6)5-11/h2,4,7,9,11-13H,1,3,5,10H2. The van der Waals surface area contributed by atoms with Gasteiger partial charge in [0.05, 0.1) is 12.7 Å². The summed E-state index contributed by atoms with van der Waals surface area (Å²) in [5, 5.41) is 30.0. The second kappa shape index (κ2) is 5.43. The quantitative estimate of drug-likeness (QED) is 0.558. The summed E-state index contributed by atoms with van der Waals surface area (Å²) in [4.78, 5) is 0.688. The van der Waals surface area contributed by atoms with Gasteiger partial charge in [-0.3, -0.25) is 0 Å². The Hall–Kier alpha value is -0.460. The second-order valence-electron chi connectivity index (χ2n) is 3.05. The fourth-order valence-electron chi connectivity index (χ4n) is 1.28. The molecule has 1 heterocycles. The molecule has 1 rings (SSSR count). The zero-order valence-electron chi connectivity index (χ0n) is 7.76. The Morgan fingerprint density at radius 2 is 2.14 bits per heavy atom. The van der Waals surface area contributed by atoms with Crippen molar-refractivity contribution in [2.75, 3.05) is 6.54 Å². The van der Waals surface area contributed by atoms with E-state index in [0.717, 1.165) is 0 Å². The molecule has 1 aromatic rings. The topological polar surface area (TPSA) is 86.7 Å². The van der Waals surface area contributed by atoms with Gasteiger partial charge in [0.15, 0.2) is 0 Å². The summed E-state index contributed by atoms with van der Waals surface area (Å²) in [6, 6.07) is 1.71. The van der Waals surface area contributed by atoms with Crippen molar-refractivity contribution < 1.29 is 15.3 Å². The smallest absolute Gasteiger partial charge is 0.106 e. The molecule has 5 N–H and O–H groups in total. The lowest BCUT2D eigenvalue weighted by molar-refractivity contribution is 0.0143. The minimum absolute atomic E-state index is 0.112. The van der Waals surface area contributed by atoms with E-state index in [1.165, 1.54) is 11.3 Å². The summed E-state index contributed by atoms with van der Waals surface area (Å²) in [6.07, 6.45) is -1.46. The van der Waals surface area contributed by atoms with Gasteiger partial charge in [0.2, 0.25) is 0 Å². The number of rotatable bonds is 5. The summed E-state index contributed by atoms with van der Waals surface area (Å²) in [6.45, 7) is 0.218. The van der Waals surface area contributed by atoms with E-state index in [4.69, 9.17) is 10.8 Å². The first kappa shape index (κ1) is 11.6. The number of thiophene rings is 1. The maximum atomic E-state index is 9.71. The van der Waals surface area contributed by atoms with Crippen molar-refractivity contribution >= 4 is 11.3 Å². The zero-order chi connectivity index (χ0) is 10.6. The molecule has 0 aliphatic rings. The van der Waals surface area contributed by atoms with Gasteiger partial charge in [-0.2, -0.15) is 0 Å². The highest BCUT2D eigenvalue weighted by Crippen LogP contribution is 2.26. The normalized spacial score (nSPS) is 15.4. The number of aliphatic hydroxyl groups excluding tert-OH is 3. The summed E-state index contributed by atoms with van der Waals surface area (Å²) in [5.41, 5.74) is 5.87. The molecule has 4 nitrogen and oxygen atoms in total. The molecule has 0 radical (unpaired) electrons. The summed E-state index contributed by atoms with van der Waals surface area (Å²) >= 11 is 1.36. The highest BCUT2D eigenvalue weighted by molar-refractivity contribution is 7.10. The molecule has 80 valence electrons. The maximum Gasteiger partial charge on any atom is 0.106 e. The fraction of sp³-hybridized carbons (Fsp3) is 0.556. The van der Waals surface area contributed by atoms with E-state index in [1.54, 1.807) is 11.4 Å². The lowest BCUT2D eigenvalue weighted by atomic mass is 10.0. The number of hydrogen-bond acceptors (Lipinski definition) is 5. The van der Waals surface area contributed by atoms with Crippen LogP contribution in [0.5, 0.6) is 0 Å². The van der Waals surface area contributed by atoms with Crippen LogP contribution in [-0.2, 0) is 6.61 Å². The van der Waals surface area contributed by atoms with Crippen molar-refractivity contribution in [3.8, 4) is 0 Å². The van der Waals surface area contributed by atoms with Gasteiger partial charge in [0, 0.05) is 4.88 Å². The Balaban J connectivity index is 2.72. The van der Waals surface area contributed by atoms with Crippen molar-refractivity contribution in [1.82, 2.24) is 0 Å². The number of hydrogen-bond donors (Lipinski definition) is 4. The molecule has 2 unspecified atom stereocenters. The van der Waals surface area contributed by atoms with Crippen LogP contribution < -0.4 is 5.73 Å². The fourth-order valence-corrected chi connectivity index (χ4v) is 2.06. The third-order valence-electron chi connectivity index (χ3n) is 2.07. The lowest BCUT2D eigenvalue weighted by Gasteiger charge is -2.17. The van der Waals surface area contributed by atoms with Gasteiger partial charge in [-0.15, -0.1) is 11.3 Å². The third-order valence-corrected chi connectivity index (χ3v) is 2.99. The summed E-state index contributed by atoms with van der Waals surface area (Å²) < 4.78 is 0. The van der Waals surface area contributed by atoms with Crippen LogP contribution in [0.2, 0.25) is 0 Å². The Morgan fingerprint density at radius 1 is 1.43 bits per heavy atom. The van der Waals surface area contributed by atoms with Crippen LogP contribution in [0.15, 0.2) is 11.4 Å².